The second-order valence-corrected chi connectivity index (χ2v) is 4.30. The number of carbonyl (C=O) groups is 2. The topological polar surface area (TPSA) is 77.3 Å². The van der Waals surface area contributed by atoms with Crippen molar-refractivity contribution < 1.29 is 14.5 Å². The zero-order valence-electron chi connectivity index (χ0n) is 10.1. The van der Waals surface area contributed by atoms with Crippen molar-refractivity contribution in [1.29, 1.82) is 0 Å². The fourth-order valence-corrected chi connectivity index (χ4v) is 1.86. The molecule has 0 bridgehead atoms. The predicted octanol–water partition coefficient (Wildman–Crippen LogP) is 3.20. The first-order chi connectivity index (χ1) is 9.50. The molecule has 0 N–H and O–H groups in total. The number of nitro groups is 1. The molecule has 0 radical (unpaired) electrons. The molecule has 2 rings (SSSR count). The maximum absolute atomic E-state index is 12.2. The van der Waals surface area contributed by atoms with E-state index in [-0.39, 0.29) is 11.1 Å². The Morgan fingerprint density at radius 3 is 2.20 bits per heavy atom. The Kier molecular flexibility index (Phi) is 3.91. The molecule has 0 atom stereocenters. The third-order valence-corrected chi connectivity index (χ3v) is 2.92. The molecule has 20 heavy (non-hydrogen) atoms. The van der Waals surface area contributed by atoms with Gasteiger partial charge in [0.1, 0.15) is 5.56 Å². The third-order valence-electron chi connectivity index (χ3n) is 2.70. The summed E-state index contributed by atoms with van der Waals surface area (Å²) in [4.78, 5) is 33.6. The van der Waals surface area contributed by atoms with Crippen molar-refractivity contribution in [3.63, 3.8) is 0 Å². The van der Waals surface area contributed by atoms with Gasteiger partial charge in [0.05, 0.1) is 4.92 Å². The molecular formula is C14H8ClNO4. The SMILES string of the molecule is O=C(Cl)c1ccc(C(=O)c2ccccc2)c([N+](=O)[O-])c1. The van der Waals surface area contributed by atoms with Gasteiger partial charge in [-0.1, -0.05) is 30.3 Å². The van der Waals surface area contributed by atoms with E-state index in [1.165, 1.54) is 12.1 Å². The Bertz CT molecular complexity index is 698. The molecule has 2 aromatic carbocycles. The van der Waals surface area contributed by atoms with Gasteiger partial charge >= 0.3 is 0 Å². The molecule has 2 aromatic rings. The minimum absolute atomic E-state index is 0.0250. The van der Waals surface area contributed by atoms with Crippen LogP contribution in [0.5, 0.6) is 0 Å². The molecule has 0 heterocycles. The highest BCUT2D eigenvalue weighted by molar-refractivity contribution is 6.67. The standard InChI is InChI=1S/C14H8ClNO4/c15-14(18)10-6-7-11(12(8-10)16(19)20)13(17)9-4-2-1-3-5-9/h1-8H. The number of hydrogen-bond acceptors (Lipinski definition) is 4. The Hall–Kier alpha value is -2.53. The van der Waals surface area contributed by atoms with E-state index >= 15 is 0 Å². The van der Waals surface area contributed by atoms with Crippen LogP contribution in [0, 0.1) is 10.1 Å². The molecule has 0 aliphatic carbocycles. The lowest BCUT2D eigenvalue weighted by Crippen LogP contribution is -2.06. The summed E-state index contributed by atoms with van der Waals surface area (Å²) >= 11 is 5.28. The van der Waals surface area contributed by atoms with E-state index in [0.29, 0.717) is 5.56 Å². The first-order valence-corrected chi connectivity index (χ1v) is 5.96. The monoisotopic (exact) mass is 289 g/mol. The van der Waals surface area contributed by atoms with Crippen molar-refractivity contribution in [2.45, 2.75) is 0 Å². The number of benzene rings is 2. The molecule has 5 nitrogen and oxygen atoms in total. The number of nitrogens with zero attached hydrogens (tertiary/aromatic N) is 1. The van der Waals surface area contributed by atoms with Crippen LogP contribution in [0.15, 0.2) is 48.5 Å². The molecule has 0 fully saturated rings. The molecule has 0 spiro atoms. The smallest absolute Gasteiger partial charge is 0.281 e. The fourth-order valence-electron chi connectivity index (χ4n) is 1.74. The zero-order chi connectivity index (χ0) is 14.7. The Morgan fingerprint density at radius 1 is 1.00 bits per heavy atom. The molecular weight excluding hydrogens is 282 g/mol. The lowest BCUT2D eigenvalue weighted by Gasteiger charge is -2.03. The number of ketones is 1. The van der Waals surface area contributed by atoms with Crippen molar-refractivity contribution in [2.24, 2.45) is 0 Å². The van der Waals surface area contributed by atoms with Crippen molar-refractivity contribution >= 4 is 28.3 Å². The van der Waals surface area contributed by atoms with Crippen LogP contribution in [0.25, 0.3) is 0 Å². The van der Waals surface area contributed by atoms with Crippen LogP contribution in [-0.2, 0) is 0 Å². The number of rotatable bonds is 4. The molecule has 0 aromatic heterocycles. The second kappa shape index (κ2) is 5.63. The van der Waals surface area contributed by atoms with E-state index < -0.39 is 21.6 Å². The highest BCUT2D eigenvalue weighted by Gasteiger charge is 2.22. The number of halogens is 1. The van der Waals surface area contributed by atoms with E-state index in [9.17, 15) is 19.7 Å². The summed E-state index contributed by atoms with van der Waals surface area (Å²) in [6.45, 7) is 0. The van der Waals surface area contributed by atoms with Crippen molar-refractivity contribution in [3.05, 3.63) is 75.3 Å². The highest BCUT2D eigenvalue weighted by atomic mass is 35.5. The lowest BCUT2D eigenvalue weighted by atomic mass is 10.0. The number of hydrogen-bond donors (Lipinski definition) is 0. The highest BCUT2D eigenvalue weighted by Crippen LogP contribution is 2.24. The molecule has 0 aliphatic rings. The van der Waals surface area contributed by atoms with Crippen LogP contribution in [0.4, 0.5) is 5.69 Å². The Balaban J connectivity index is 2.54. The largest absolute Gasteiger partial charge is 0.288 e. The van der Waals surface area contributed by atoms with Crippen LogP contribution >= 0.6 is 11.6 Å². The normalized spacial score (nSPS) is 10.1. The van der Waals surface area contributed by atoms with E-state index in [1.807, 2.05) is 0 Å². The average Bonchev–Trinajstić information content (AvgIpc) is 2.46. The Morgan fingerprint density at radius 2 is 1.65 bits per heavy atom. The van der Waals surface area contributed by atoms with Gasteiger partial charge in [0.2, 0.25) is 0 Å². The zero-order valence-corrected chi connectivity index (χ0v) is 10.8. The number of carbonyl (C=O) groups excluding carboxylic acids is 2. The first kappa shape index (κ1) is 13.9. The van der Waals surface area contributed by atoms with Gasteiger partial charge < -0.3 is 0 Å². The van der Waals surface area contributed by atoms with Gasteiger partial charge in [-0.3, -0.25) is 19.7 Å². The minimum atomic E-state index is -0.813. The van der Waals surface area contributed by atoms with Gasteiger partial charge in [-0.05, 0) is 23.7 Å². The van der Waals surface area contributed by atoms with E-state index in [2.05, 4.69) is 0 Å². The summed E-state index contributed by atoms with van der Waals surface area (Å²) in [5, 5.41) is 10.2. The fraction of sp³-hybridized carbons (Fsp3) is 0. The average molecular weight is 290 g/mol. The summed E-state index contributed by atoms with van der Waals surface area (Å²) in [5.74, 6) is -0.481. The van der Waals surface area contributed by atoms with E-state index in [0.717, 1.165) is 6.07 Å². The van der Waals surface area contributed by atoms with Gasteiger partial charge in [0.15, 0.2) is 5.78 Å². The van der Waals surface area contributed by atoms with Gasteiger partial charge in [-0.15, -0.1) is 0 Å². The molecule has 0 saturated heterocycles. The molecule has 6 heteroatoms. The summed E-state index contributed by atoms with van der Waals surface area (Å²) in [6.07, 6.45) is 0. The molecule has 0 saturated carbocycles. The van der Waals surface area contributed by atoms with Gasteiger partial charge in [-0.25, -0.2) is 0 Å². The van der Waals surface area contributed by atoms with Crippen LogP contribution < -0.4 is 0 Å². The quantitative estimate of drug-likeness (QED) is 0.375. The maximum atomic E-state index is 12.2. The maximum Gasteiger partial charge on any atom is 0.281 e. The Labute approximate surface area is 118 Å². The summed E-state index contributed by atoms with van der Waals surface area (Å²) < 4.78 is 0. The first-order valence-electron chi connectivity index (χ1n) is 5.58. The van der Waals surface area contributed by atoms with Crippen LogP contribution in [0.3, 0.4) is 0 Å². The minimum Gasteiger partial charge on any atom is -0.288 e. The predicted molar refractivity (Wildman–Crippen MR) is 73.2 cm³/mol. The van der Waals surface area contributed by atoms with Gasteiger partial charge in [0.25, 0.3) is 10.9 Å². The second-order valence-electron chi connectivity index (χ2n) is 3.96. The molecule has 0 amide bonds. The summed E-state index contributed by atoms with van der Waals surface area (Å²) in [6, 6.07) is 11.7. The van der Waals surface area contributed by atoms with Crippen LogP contribution in [-0.4, -0.2) is 15.9 Å². The molecule has 0 aliphatic heterocycles. The molecule has 0 unspecified atom stereocenters. The molecule has 100 valence electrons. The number of nitro benzene ring substituents is 1. The van der Waals surface area contributed by atoms with Crippen molar-refractivity contribution in [3.8, 4) is 0 Å². The summed E-state index contributed by atoms with van der Waals surface area (Å²) in [5.41, 5.74) is -0.211. The van der Waals surface area contributed by atoms with Crippen molar-refractivity contribution in [1.82, 2.24) is 0 Å². The third kappa shape index (κ3) is 2.73. The lowest BCUT2D eigenvalue weighted by molar-refractivity contribution is -0.385. The van der Waals surface area contributed by atoms with Gasteiger partial charge in [-0.2, -0.15) is 0 Å². The summed E-state index contributed by atoms with van der Waals surface area (Å²) in [7, 11) is 0. The van der Waals surface area contributed by atoms with E-state index in [4.69, 9.17) is 11.6 Å². The van der Waals surface area contributed by atoms with Crippen LogP contribution in [0.2, 0.25) is 0 Å². The van der Waals surface area contributed by atoms with Gasteiger partial charge in [0, 0.05) is 17.2 Å². The van der Waals surface area contributed by atoms with E-state index in [1.54, 1.807) is 30.3 Å². The van der Waals surface area contributed by atoms with Crippen molar-refractivity contribution in [2.75, 3.05) is 0 Å². The van der Waals surface area contributed by atoms with Crippen LogP contribution in [0.1, 0.15) is 26.3 Å².